The fourth-order valence-electron chi connectivity index (χ4n) is 4.68. The summed E-state index contributed by atoms with van der Waals surface area (Å²) in [5, 5.41) is 3.77. The number of hydrogen-bond acceptors (Lipinski definition) is 2. The van der Waals surface area contributed by atoms with Crippen molar-refractivity contribution in [3.8, 4) is 0 Å². The number of ether oxygens (including phenoxy) is 1. The highest BCUT2D eigenvalue weighted by molar-refractivity contribution is 5.08. The van der Waals surface area contributed by atoms with Gasteiger partial charge < -0.3 is 10.1 Å². The molecule has 0 radical (unpaired) electrons. The molecule has 3 aliphatic rings. The van der Waals surface area contributed by atoms with Gasteiger partial charge in [0, 0.05) is 12.6 Å². The van der Waals surface area contributed by atoms with E-state index in [4.69, 9.17) is 4.74 Å². The van der Waals surface area contributed by atoms with E-state index in [1.165, 1.54) is 32.1 Å². The summed E-state index contributed by atoms with van der Waals surface area (Å²) in [5.41, 5.74) is 0.602. The van der Waals surface area contributed by atoms with Gasteiger partial charge in [0.1, 0.15) is 0 Å². The normalized spacial score (nSPS) is 46.1. The molecule has 0 aromatic rings. The molecule has 0 amide bonds. The van der Waals surface area contributed by atoms with Crippen LogP contribution >= 0.6 is 0 Å². The molecule has 1 saturated heterocycles. The van der Waals surface area contributed by atoms with E-state index in [1.807, 2.05) is 0 Å². The molecule has 0 aromatic carbocycles. The summed E-state index contributed by atoms with van der Waals surface area (Å²) in [4.78, 5) is 0. The standard InChI is InChI=1S/C15H27NO/c1-11-8-14(2,3)10-15(9-11)13(12-4-5-12)16-6-7-17-15/h11-13,16H,4-10H2,1-3H3. The topological polar surface area (TPSA) is 21.3 Å². The molecule has 1 spiro atoms. The zero-order valence-corrected chi connectivity index (χ0v) is 11.6. The molecular weight excluding hydrogens is 210 g/mol. The van der Waals surface area contributed by atoms with Crippen molar-refractivity contribution in [1.82, 2.24) is 5.32 Å². The lowest BCUT2D eigenvalue weighted by atomic mass is 9.62. The van der Waals surface area contributed by atoms with Gasteiger partial charge in [0.05, 0.1) is 12.2 Å². The SMILES string of the molecule is CC1CC(C)(C)CC2(C1)OCCNC2C1CC1. The summed E-state index contributed by atoms with van der Waals surface area (Å²) in [6.07, 6.45) is 6.70. The van der Waals surface area contributed by atoms with E-state index in [-0.39, 0.29) is 5.60 Å². The number of hydrogen-bond donors (Lipinski definition) is 1. The molecule has 3 rings (SSSR count). The van der Waals surface area contributed by atoms with Crippen molar-refractivity contribution in [2.45, 2.75) is 64.5 Å². The van der Waals surface area contributed by atoms with Gasteiger partial charge in [0.15, 0.2) is 0 Å². The highest BCUT2D eigenvalue weighted by Crippen LogP contribution is 2.52. The van der Waals surface area contributed by atoms with Crippen molar-refractivity contribution in [1.29, 1.82) is 0 Å². The van der Waals surface area contributed by atoms with Crippen molar-refractivity contribution in [3.63, 3.8) is 0 Å². The van der Waals surface area contributed by atoms with Gasteiger partial charge in [0.25, 0.3) is 0 Å². The predicted octanol–water partition coefficient (Wildman–Crippen LogP) is 2.97. The van der Waals surface area contributed by atoms with Crippen LogP contribution in [-0.4, -0.2) is 24.8 Å². The summed E-state index contributed by atoms with van der Waals surface area (Å²) < 4.78 is 6.36. The Hall–Kier alpha value is -0.0800. The molecule has 3 unspecified atom stereocenters. The van der Waals surface area contributed by atoms with E-state index in [0.717, 1.165) is 25.0 Å². The molecule has 2 saturated carbocycles. The minimum atomic E-state index is 0.153. The second-order valence-corrected chi connectivity index (χ2v) is 7.54. The number of morpholine rings is 1. The molecule has 17 heavy (non-hydrogen) atoms. The molecule has 2 heteroatoms. The average molecular weight is 237 g/mol. The van der Waals surface area contributed by atoms with E-state index >= 15 is 0 Å². The van der Waals surface area contributed by atoms with Crippen LogP contribution < -0.4 is 5.32 Å². The summed E-state index contributed by atoms with van der Waals surface area (Å²) in [6, 6.07) is 0.637. The fourth-order valence-corrected chi connectivity index (χ4v) is 4.68. The summed E-state index contributed by atoms with van der Waals surface area (Å²) >= 11 is 0. The molecule has 2 aliphatic carbocycles. The molecule has 1 aliphatic heterocycles. The Morgan fingerprint density at radius 2 is 1.94 bits per heavy atom. The van der Waals surface area contributed by atoms with Crippen LogP contribution in [0.5, 0.6) is 0 Å². The first kappa shape index (κ1) is 12.0. The van der Waals surface area contributed by atoms with Crippen molar-refractivity contribution in [3.05, 3.63) is 0 Å². The van der Waals surface area contributed by atoms with E-state index in [0.29, 0.717) is 11.5 Å². The highest BCUT2D eigenvalue weighted by Gasteiger charge is 2.53. The van der Waals surface area contributed by atoms with Gasteiger partial charge in [-0.25, -0.2) is 0 Å². The van der Waals surface area contributed by atoms with Gasteiger partial charge in [0.2, 0.25) is 0 Å². The first-order chi connectivity index (χ1) is 8.01. The Kier molecular flexibility index (Phi) is 2.79. The first-order valence-corrected chi connectivity index (χ1v) is 7.38. The minimum absolute atomic E-state index is 0.153. The highest BCUT2D eigenvalue weighted by atomic mass is 16.5. The second kappa shape index (κ2) is 3.96. The monoisotopic (exact) mass is 237 g/mol. The number of nitrogens with one attached hydrogen (secondary N) is 1. The maximum Gasteiger partial charge on any atom is 0.0845 e. The minimum Gasteiger partial charge on any atom is -0.372 e. The number of rotatable bonds is 1. The van der Waals surface area contributed by atoms with Crippen LogP contribution in [0.1, 0.15) is 52.9 Å². The third-order valence-electron chi connectivity index (χ3n) is 4.89. The van der Waals surface area contributed by atoms with E-state index in [1.54, 1.807) is 0 Å². The van der Waals surface area contributed by atoms with Crippen molar-refractivity contribution >= 4 is 0 Å². The molecule has 0 aromatic heterocycles. The van der Waals surface area contributed by atoms with E-state index in [2.05, 4.69) is 26.1 Å². The van der Waals surface area contributed by atoms with E-state index < -0.39 is 0 Å². The lowest BCUT2D eigenvalue weighted by Gasteiger charge is -2.53. The molecule has 1 heterocycles. The smallest absolute Gasteiger partial charge is 0.0845 e. The third-order valence-corrected chi connectivity index (χ3v) is 4.89. The van der Waals surface area contributed by atoms with Crippen LogP contribution in [0.3, 0.4) is 0 Å². The quantitative estimate of drug-likeness (QED) is 0.757. The van der Waals surface area contributed by atoms with Crippen molar-refractivity contribution in [2.24, 2.45) is 17.3 Å². The van der Waals surface area contributed by atoms with Gasteiger partial charge in [-0.2, -0.15) is 0 Å². The summed E-state index contributed by atoms with van der Waals surface area (Å²) in [5.74, 6) is 1.70. The van der Waals surface area contributed by atoms with Crippen LogP contribution in [0.4, 0.5) is 0 Å². The maximum absolute atomic E-state index is 6.36. The van der Waals surface area contributed by atoms with Crippen LogP contribution in [0.2, 0.25) is 0 Å². The average Bonchev–Trinajstić information content (AvgIpc) is 2.97. The second-order valence-electron chi connectivity index (χ2n) is 7.54. The zero-order chi connectivity index (χ0) is 12.1. The van der Waals surface area contributed by atoms with Crippen molar-refractivity contribution < 1.29 is 4.74 Å². The third kappa shape index (κ3) is 2.26. The van der Waals surface area contributed by atoms with Crippen LogP contribution in [0.15, 0.2) is 0 Å². The summed E-state index contributed by atoms with van der Waals surface area (Å²) in [7, 11) is 0. The molecule has 0 bridgehead atoms. The van der Waals surface area contributed by atoms with Crippen LogP contribution in [0, 0.1) is 17.3 Å². The maximum atomic E-state index is 6.36. The Balaban J connectivity index is 1.85. The first-order valence-electron chi connectivity index (χ1n) is 7.38. The van der Waals surface area contributed by atoms with Crippen molar-refractivity contribution in [2.75, 3.05) is 13.2 Å². The lowest BCUT2D eigenvalue weighted by molar-refractivity contribution is -0.155. The van der Waals surface area contributed by atoms with E-state index in [9.17, 15) is 0 Å². The lowest BCUT2D eigenvalue weighted by Crippen LogP contribution is -2.62. The predicted molar refractivity (Wildman–Crippen MR) is 70.0 cm³/mol. The molecule has 3 fully saturated rings. The zero-order valence-electron chi connectivity index (χ0n) is 11.6. The molecule has 1 N–H and O–H groups in total. The Labute approximate surface area is 105 Å². The van der Waals surface area contributed by atoms with Gasteiger partial charge in [-0.05, 0) is 49.4 Å². The molecule has 98 valence electrons. The van der Waals surface area contributed by atoms with Gasteiger partial charge in [-0.3, -0.25) is 0 Å². The fraction of sp³-hybridized carbons (Fsp3) is 1.00. The Bertz CT molecular complexity index is 297. The largest absolute Gasteiger partial charge is 0.372 e. The van der Waals surface area contributed by atoms with Gasteiger partial charge >= 0.3 is 0 Å². The summed E-state index contributed by atoms with van der Waals surface area (Å²) in [6.45, 7) is 9.22. The van der Waals surface area contributed by atoms with Crippen LogP contribution in [-0.2, 0) is 4.74 Å². The molecular formula is C15H27NO. The van der Waals surface area contributed by atoms with Gasteiger partial charge in [-0.15, -0.1) is 0 Å². The molecule has 3 atom stereocenters. The Morgan fingerprint density at radius 1 is 1.18 bits per heavy atom. The van der Waals surface area contributed by atoms with Gasteiger partial charge in [-0.1, -0.05) is 20.8 Å². The van der Waals surface area contributed by atoms with Crippen LogP contribution in [0.25, 0.3) is 0 Å². The Morgan fingerprint density at radius 3 is 2.59 bits per heavy atom. The molecule has 2 nitrogen and oxygen atoms in total.